The molecule has 0 aliphatic carbocycles. The molecule has 0 unspecified atom stereocenters. The number of likely N-dealkylation sites (tertiary alicyclic amines) is 4. The zero-order valence-corrected chi connectivity index (χ0v) is 44.7. The largest absolute Gasteiger partial charge is 0.453 e. The maximum absolute atomic E-state index is 11.4. The Morgan fingerprint density at radius 2 is 0.974 bits per heavy atom. The van der Waals surface area contributed by atoms with Crippen LogP contribution in [0.25, 0.3) is 11.0 Å². The molecule has 4 aliphatic heterocycles. The van der Waals surface area contributed by atoms with Crippen LogP contribution < -0.4 is 22.1 Å². The molecule has 5 aromatic heterocycles. The molecule has 9 rings (SSSR count). The Hall–Kier alpha value is -8.40. The fraction of sp³-hybridized carbons (Fsp3) is 0.490. The van der Waals surface area contributed by atoms with Gasteiger partial charge in [-0.05, 0) is 75.6 Å². The lowest BCUT2D eigenvalue weighted by Gasteiger charge is -2.32. The number of methoxy groups -OCH3 is 4. The zero-order chi connectivity index (χ0) is 56.6. The van der Waals surface area contributed by atoms with E-state index in [9.17, 15) is 39.4 Å². The Kier molecular flexibility index (Phi) is 24.0. The Bertz CT molecular complexity index is 2730. The third-order valence-electron chi connectivity index (χ3n) is 13.0. The second-order valence-electron chi connectivity index (χ2n) is 17.9. The van der Waals surface area contributed by atoms with E-state index < -0.39 is 9.85 Å². The van der Waals surface area contributed by atoms with Crippen LogP contribution in [0, 0.1) is 20.2 Å². The lowest BCUT2D eigenvalue weighted by Crippen LogP contribution is -2.42. The van der Waals surface area contributed by atoms with Crippen LogP contribution in [0.2, 0.25) is 5.02 Å². The molecule has 0 saturated carbocycles. The molecule has 28 nitrogen and oxygen atoms in total. The first kappa shape index (κ1) is 60.5. The molecule has 0 aromatic carbocycles. The molecule has 5 aromatic rings. The van der Waals surface area contributed by atoms with E-state index in [1.807, 2.05) is 18.5 Å². The van der Waals surface area contributed by atoms with E-state index >= 15 is 0 Å². The molecule has 4 fully saturated rings. The van der Waals surface area contributed by atoms with Crippen LogP contribution in [0.15, 0.2) is 80.2 Å². The fourth-order valence-electron chi connectivity index (χ4n) is 8.65. The van der Waals surface area contributed by atoms with Crippen molar-refractivity contribution in [2.75, 3.05) is 97.2 Å². The number of nitrogens with one attached hydrogen (secondary N) is 2. The van der Waals surface area contributed by atoms with Crippen LogP contribution in [0.4, 0.5) is 47.6 Å². The van der Waals surface area contributed by atoms with Crippen LogP contribution in [0.1, 0.15) is 57.4 Å². The van der Waals surface area contributed by atoms with Gasteiger partial charge in [0.2, 0.25) is 0 Å². The quantitative estimate of drug-likeness (QED) is 0.0758. The van der Waals surface area contributed by atoms with Gasteiger partial charge in [-0.15, -0.1) is 0 Å². The summed E-state index contributed by atoms with van der Waals surface area (Å²) < 4.78 is 20.9. The van der Waals surface area contributed by atoms with Crippen molar-refractivity contribution in [3.63, 3.8) is 0 Å². The van der Waals surface area contributed by atoms with Crippen molar-refractivity contribution in [3.8, 4) is 0 Å². The first-order chi connectivity index (χ1) is 37.6. The molecule has 0 atom stereocenters. The third-order valence-corrected chi connectivity index (χ3v) is 13.3. The average molecular weight is 1110 g/mol. The van der Waals surface area contributed by atoms with Gasteiger partial charge in [0.1, 0.15) is 28.6 Å². The molecule has 9 heterocycles. The number of halogens is 1. The number of hydrogen-bond acceptors (Lipinski definition) is 21. The Morgan fingerprint density at radius 3 is 1.42 bits per heavy atom. The first-order valence-corrected chi connectivity index (χ1v) is 25.3. The Labute approximate surface area is 455 Å². The van der Waals surface area contributed by atoms with Crippen molar-refractivity contribution < 1.29 is 48.0 Å². The number of carbonyl (C=O) groups excluding carboxylic acids is 4. The molecule has 78 heavy (non-hydrogen) atoms. The van der Waals surface area contributed by atoms with Gasteiger partial charge in [-0.2, -0.15) is 0 Å². The summed E-state index contributed by atoms with van der Waals surface area (Å²) >= 11 is 5.44. The molecule has 29 heteroatoms. The number of nitrogen functional groups attached to an aromatic ring is 1. The Balaban J connectivity index is 0.000000184. The monoisotopic (exact) mass is 1110 g/mol. The first-order valence-electron chi connectivity index (χ1n) is 25.0. The number of ether oxygens (including phenoxy) is 4. The number of amides is 4. The van der Waals surface area contributed by atoms with E-state index in [4.69, 9.17) is 32.5 Å². The summed E-state index contributed by atoms with van der Waals surface area (Å²) in [4.78, 5) is 91.5. The highest BCUT2D eigenvalue weighted by atomic mass is 35.5. The van der Waals surface area contributed by atoms with Gasteiger partial charge < -0.3 is 65.2 Å². The van der Waals surface area contributed by atoms with Crippen LogP contribution >= 0.6 is 11.6 Å². The molecule has 4 amide bonds. The minimum absolute atomic E-state index is 0.0390. The molecule has 4 saturated heterocycles. The topological polar surface area (TPSA) is 350 Å². The van der Waals surface area contributed by atoms with Crippen LogP contribution in [0.5, 0.6) is 0 Å². The molecule has 0 radical (unpaired) electrons. The van der Waals surface area contributed by atoms with E-state index in [2.05, 4.69) is 49.6 Å². The Morgan fingerprint density at radius 1 is 0.577 bits per heavy atom. The van der Waals surface area contributed by atoms with E-state index in [1.54, 1.807) is 50.5 Å². The van der Waals surface area contributed by atoms with Gasteiger partial charge in [-0.3, -0.25) is 40.2 Å². The van der Waals surface area contributed by atoms with E-state index in [0.29, 0.717) is 62.5 Å². The summed E-state index contributed by atoms with van der Waals surface area (Å²) in [7, 11) is 5.58. The number of piperidine rings is 4. The van der Waals surface area contributed by atoms with E-state index in [1.165, 1.54) is 53.1 Å². The second-order valence-corrected chi connectivity index (χ2v) is 18.4. The number of hydrogen-bond donors (Lipinski definition) is 4. The lowest BCUT2D eigenvalue weighted by atomic mass is 10.1. The number of aromatic nitrogens is 6. The van der Waals surface area contributed by atoms with E-state index in [-0.39, 0.29) is 52.9 Å². The molecule has 4 aliphatic rings. The number of carbonyl (C=O) groups is 4. The third kappa shape index (κ3) is 18.1. The van der Waals surface area contributed by atoms with Crippen molar-refractivity contribution >= 4 is 75.4 Å². The van der Waals surface area contributed by atoms with Crippen molar-refractivity contribution in [2.24, 2.45) is 5.73 Å². The smallest absolute Gasteiger partial charge is 0.409 e. The van der Waals surface area contributed by atoms with Gasteiger partial charge in [-0.25, -0.2) is 24.2 Å². The summed E-state index contributed by atoms with van der Waals surface area (Å²) in [5.41, 5.74) is 15.3. The number of nitrogens with zero attached hydrogens (tertiary/aromatic N) is 12. The predicted octanol–water partition coefficient (Wildman–Crippen LogP) is 6.59. The van der Waals surface area contributed by atoms with Crippen LogP contribution in [0.3, 0.4) is 0 Å². The van der Waals surface area contributed by atoms with Crippen molar-refractivity contribution in [3.05, 3.63) is 105 Å². The van der Waals surface area contributed by atoms with Crippen molar-refractivity contribution in [1.82, 2.24) is 49.1 Å². The number of nitro groups is 2. The maximum Gasteiger partial charge on any atom is 0.409 e. The van der Waals surface area contributed by atoms with Gasteiger partial charge in [0.25, 0.3) is 0 Å². The van der Waals surface area contributed by atoms with E-state index in [0.717, 1.165) is 87.6 Å². The van der Waals surface area contributed by atoms with Gasteiger partial charge in [0, 0.05) is 101 Å². The summed E-state index contributed by atoms with van der Waals surface area (Å²) in [5.74, 6) is 0. The maximum atomic E-state index is 11.4. The SMILES string of the molecule is COC(=O)N1CCC(N)CC1.COC(=O)N1CCC(Nc2ccncc2N)CC1.COC(=O)N1CCC(Nc2ccncc2[N+](=O)[O-])CC1.COC(=O)N1CCC(n2cnc3cnccc32)CC1.O=[N+]([O-])c1cnccc1Cl. The summed E-state index contributed by atoms with van der Waals surface area (Å²) in [6.45, 7) is 5.46. The fourth-order valence-corrected chi connectivity index (χ4v) is 8.82. The average Bonchev–Trinajstić information content (AvgIpc) is 3.91. The minimum Gasteiger partial charge on any atom is -0.453 e. The molecule has 0 spiro atoms. The molecular weight excluding hydrogens is 1040 g/mol. The molecule has 0 bridgehead atoms. The lowest BCUT2D eigenvalue weighted by molar-refractivity contribution is -0.385. The zero-order valence-electron chi connectivity index (χ0n) is 43.9. The number of imidazole rings is 1. The number of anilines is 3. The highest BCUT2D eigenvalue weighted by molar-refractivity contribution is 6.32. The van der Waals surface area contributed by atoms with Crippen LogP contribution in [-0.4, -0.2) is 182 Å². The second kappa shape index (κ2) is 31.0. The van der Waals surface area contributed by atoms with Gasteiger partial charge >= 0.3 is 35.7 Å². The van der Waals surface area contributed by atoms with Crippen LogP contribution in [-0.2, 0) is 18.9 Å². The van der Waals surface area contributed by atoms with Crippen molar-refractivity contribution in [1.29, 1.82) is 0 Å². The number of rotatable bonds is 7. The molecule has 422 valence electrons. The summed E-state index contributed by atoms with van der Waals surface area (Å²) in [6, 6.07) is 7.87. The highest BCUT2D eigenvalue weighted by Crippen LogP contribution is 2.28. The number of fused-ring (bicyclic) bond motifs is 1. The molecular formula is C49H67ClN16O12. The van der Waals surface area contributed by atoms with Gasteiger partial charge in [0.15, 0.2) is 0 Å². The predicted molar refractivity (Wildman–Crippen MR) is 288 cm³/mol. The number of pyridine rings is 4. The normalized spacial score (nSPS) is 15.9. The molecule has 6 N–H and O–H groups in total. The highest BCUT2D eigenvalue weighted by Gasteiger charge is 2.28. The van der Waals surface area contributed by atoms with Crippen molar-refractivity contribution in [2.45, 2.75) is 75.5 Å². The minimum atomic E-state index is -0.574. The van der Waals surface area contributed by atoms with Gasteiger partial charge in [0.05, 0.1) is 73.9 Å². The summed E-state index contributed by atoms with van der Waals surface area (Å²) in [6.07, 6.45) is 19.8. The summed E-state index contributed by atoms with van der Waals surface area (Å²) in [5, 5.41) is 27.6. The number of nitrogens with two attached hydrogens (primary N) is 2. The van der Waals surface area contributed by atoms with Gasteiger partial charge in [-0.1, -0.05) is 11.6 Å². The standard InChI is InChI=1S/C13H16N4O2.C12H16N4O4.C12H18N4O2.C7H14N2O2.C5H3ClN2O2/c1-19-13(18)16-6-3-10(4-7-16)17-9-15-11-8-14-5-2-12(11)17;1-20-12(17)15-6-3-9(4-7-15)14-10-2-5-13-8-11(10)16(18)19;1-18-12(17)16-6-3-9(4-7-16)15-11-2-5-14-8-10(11)13;1-11-7(10)9-4-2-6(8)3-5-9;6-4-1-2-7-3-5(4)8(9)10/h2,5,8-10H,3-4,6-7H2,1H3;2,5,8-9H,3-4,6-7H2,1H3,(H,13,14);2,5,8-9H,3-4,6-7,13H2,1H3,(H,14,15);6H,2-5,8H2,1H3;1-3H.